The Labute approximate surface area is 239 Å². The van der Waals surface area contributed by atoms with E-state index >= 15 is 0 Å². The van der Waals surface area contributed by atoms with Crippen molar-refractivity contribution in [2.24, 2.45) is 16.7 Å². The van der Waals surface area contributed by atoms with E-state index in [1.165, 1.54) is 10.9 Å². The summed E-state index contributed by atoms with van der Waals surface area (Å²) in [6.07, 6.45) is -2.90. The molecule has 6 N–H and O–H groups in total. The van der Waals surface area contributed by atoms with Crippen molar-refractivity contribution in [2.45, 2.75) is 70.7 Å². The van der Waals surface area contributed by atoms with Gasteiger partial charge in [-0.1, -0.05) is 20.8 Å². The lowest BCUT2D eigenvalue weighted by molar-refractivity contribution is -0.0483. The van der Waals surface area contributed by atoms with Gasteiger partial charge in [-0.3, -0.25) is 19.0 Å². The summed E-state index contributed by atoms with van der Waals surface area (Å²) in [5.41, 5.74) is -0.0184. The number of aromatic nitrogens is 4. The first-order valence-corrected chi connectivity index (χ1v) is 16.8. The van der Waals surface area contributed by atoms with Crippen molar-refractivity contribution in [1.29, 1.82) is 0 Å². The number of hydrogen-bond acceptors (Lipinski definition) is 11. The molecule has 19 heteroatoms. The Morgan fingerprint density at radius 1 is 1.22 bits per heavy atom. The summed E-state index contributed by atoms with van der Waals surface area (Å²) in [6.45, 7) is 5.77. The van der Waals surface area contributed by atoms with Crippen LogP contribution in [0.2, 0.25) is 5.28 Å². The molecule has 2 bridgehead atoms. The summed E-state index contributed by atoms with van der Waals surface area (Å²) in [7, 11) is -9.59. The summed E-state index contributed by atoms with van der Waals surface area (Å²) >= 11 is 6.12. The molecule has 3 fully saturated rings. The number of carbonyl (C=O) groups is 1. The molecule has 2 saturated carbocycles. The molecule has 2 aliphatic carbocycles. The Hall–Kier alpha value is -1.71. The number of carbonyl (C=O) groups excluding carboxylic acids is 1. The first-order valence-electron chi connectivity index (χ1n) is 12.8. The normalized spacial score (nSPS) is 34.2. The van der Waals surface area contributed by atoms with E-state index in [1.807, 2.05) is 0 Å². The number of hydrogen-bond donors (Lipinski definition) is 6. The number of fused-ring (bicyclic) bond motifs is 3. The average Bonchev–Trinajstić information content (AvgIpc) is 3.49. The van der Waals surface area contributed by atoms with Gasteiger partial charge < -0.3 is 38.9 Å². The predicted octanol–water partition coefficient (Wildman–Crippen LogP) is 2.20. The van der Waals surface area contributed by atoms with Crippen molar-refractivity contribution in [3.63, 3.8) is 0 Å². The molecule has 228 valence electrons. The molecule has 0 aromatic carbocycles. The van der Waals surface area contributed by atoms with Crippen LogP contribution in [0.25, 0.3) is 11.2 Å². The molecular formula is C22H32ClN5O11P2. The van der Waals surface area contributed by atoms with Crippen molar-refractivity contribution < 1.29 is 52.8 Å². The van der Waals surface area contributed by atoms with Crippen molar-refractivity contribution in [1.82, 2.24) is 19.5 Å². The minimum Gasteiger partial charge on any atom is -0.445 e. The number of ether oxygens (including phenoxy) is 2. The summed E-state index contributed by atoms with van der Waals surface area (Å²) in [6, 6.07) is 0. The van der Waals surface area contributed by atoms with Crippen molar-refractivity contribution >= 4 is 49.9 Å². The van der Waals surface area contributed by atoms with Gasteiger partial charge in [0.15, 0.2) is 29.1 Å². The number of anilines is 1. The van der Waals surface area contributed by atoms with E-state index in [0.717, 1.165) is 19.3 Å². The van der Waals surface area contributed by atoms with Gasteiger partial charge in [-0.15, -0.1) is 0 Å². The van der Waals surface area contributed by atoms with Crippen LogP contribution in [-0.4, -0.2) is 87.4 Å². The van der Waals surface area contributed by atoms with E-state index in [4.69, 9.17) is 35.4 Å². The highest BCUT2D eigenvalue weighted by atomic mass is 35.5. The minimum atomic E-state index is -4.86. The molecule has 3 aliphatic rings. The molecule has 3 heterocycles. The molecule has 0 spiro atoms. The largest absolute Gasteiger partial charge is 0.445 e. The molecule has 5 rings (SSSR count). The smallest absolute Gasteiger partial charge is 0.413 e. The highest BCUT2D eigenvalue weighted by Gasteiger charge is 2.63. The van der Waals surface area contributed by atoms with Crippen molar-refractivity contribution in [2.75, 3.05) is 17.8 Å². The van der Waals surface area contributed by atoms with Gasteiger partial charge in [0.05, 0.1) is 12.9 Å². The monoisotopic (exact) mass is 639 g/mol. The van der Waals surface area contributed by atoms with Gasteiger partial charge in [0.1, 0.15) is 24.4 Å². The van der Waals surface area contributed by atoms with Crippen LogP contribution in [0.1, 0.15) is 46.3 Å². The second kappa shape index (κ2) is 10.5. The number of nitrogens with zero attached hydrogens (tertiary/aromatic N) is 4. The molecule has 0 radical (unpaired) electrons. The van der Waals surface area contributed by atoms with Crippen LogP contribution in [-0.2, 0) is 23.1 Å². The predicted molar refractivity (Wildman–Crippen MR) is 142 cm³/mol. The molecule has 16 nitrogen and oxygen atoms in total. The van der Waals surface area contributed by atoms with Crippen LogP contribution in [0.15, 0.2) is 6.33 Å². The zero-order valence-electron chi connectivity index (χ0n) is 22.3. The molecule has 41 heavy (non-hydrogen) atoms. The number of imidazole rings is 1. The molecule has 8 atom stereocenters. The summed E-state index contributed by atoms with van der Waals surface area (Å²) in [4.78, 5) is 52.9. The van der Waals surface area contributed by atoms with Gasteiger partial charge >= 0.3 is 21.3 Å². The SMILES string of the molecule is CC1(C)[C@H]2CC[C@@]1(C)C(OC(=O)Nc1nc(Cl)nc3c1ncn3[C@@H]1O[C@H](COP(=O)(O)CP(=O)(O)O)C(O)[C@@H]1O)C2. The van der Waals surface area contributed by atoms with Gasteiger partial charge in [-0.05, 0) is 42.2 Å². The zero-order valence-corrected chi connectivity index (χ0v) is 24.9. The number of aliphatic hydroxyl groups is 2. The molecule has 1 aliphatic heterocycles. The summed E-state index contributed by atoms with van der Waals surface area (Å²) in [5.74, 6) is -1.02. The number of rotatable bonds is 8. The van der Waals surface area contributed by atoms with Gasteiger partial charge in [-0.25, -0.2) is 9.78 Å². The molecule has 1 amide bonds. The Morgan fingerprint density at radius 3 is 2.54 bits per heavy atom. The van der Waals surface area contributed by atoms with Crippen LogP contribution in [0.4, 0.5) is 10.6 Å². The van der Waals surface area contributed by atoms with Crippen molar-refractivity contribution in [3.8, 4) is 0 Å². The number of halogens is 1. The van der Waals surface area contributed by atoms with Crippen LogP contribution in [0.3, 0.4) is 0 Å². The van der Waals surface area contributed by atoms with E-state index in [2.05, 4.69) is 41.0 Å². The van der Waals surface area contributed by atoms with E-state index < -0.39 is 58.3 Å². The fraction of sp³-hybridized carbons (Fsp3) is 0.727. The average molecular weight is 640 g/mol. The van der Waals surface area contributed by atoms with E-state index in [-0.39, 0.29) is 39.2 Å². The highest BCUT2D eigenvalue weighted by molar-refractivity contribution is 7.70. The van der Waals surface area contributed by atoms with Crippen LogP contribution in [0.5, 0.6) is 0 Å². The fourth-order valence-corrected chi connectivity index (χ4v) is 9.02. The van der Waals surface area contributed by atoms with Gasteiger partial charge in [-0.2, -0.15) is 9.97 Å². The van der Waals surface area contributed by atoms with E-state index in [0.29, 0.717) is 5.92 Å². The lowest BCUT2D eigenvalue weighted by Crippen LogP contribution is -2.39. The number of nitrogens with one attached hydrogen (secondary N) is 1. The molecule has 2 aromatic rings. The van der Waals surface area contributed by atoms with Gasteiger partial charge in [0.2, 0.25) is 5.28 Å². The lowest BCUT2D eigenvalue weighted by Gasteiger charge is -2.38. The second-order valence-corrected chi connectivity index (χ2v) is 15.9. The fourth-order valence-electron chi connectivity index (χ4n) is 6.29. The maximum atomic E-state index is 12.9. The maximum Gasteiger partial charge on any atom is 0.413 e. The topological polar surface area (TPSA) is 236 Å². The third-order valence-electron chi connectivity index (χ3n) is 8.99. The van der Waals surface area contributed by atoms with E-state index in [9.17, 15) is 29.0 Å². The van der Waals surface area contributed by atoms with Crippen LogP contribution >= 0.6 is 26.8 Å². The second-order valence-electron chi connectivity index (χ2n) is 11.6. The molecule has 3 unspecified atom stereocenters. The van der Waals surface area contributed by atoms with E-state index in [1.54, 1.807) is 0 Å². The summed E-state index contributed by atoms with van der Waals surface area (Å²) < 4.78 is 40.4. The maximum absolute atomic E-state index is 12.9. The Kier molecular flexibility index (Phi) is 7.85. The quantitative estimate of drug-likeness (QED) is 0.179. The minimum absolute atomic E-state index is 0.0282. The Balaban J connectivity index is 1.31. The Morgan fingerprint density at radius 2 is 1.93 bits per heavy atom. The third kappa shape index (κ3) is 5.67. The first kappa shape index (κ1) is 30.7. The van der Waals surface area contributed by atoms with Gasteiger partial charge in [0, 0.05) is 5.41 Å². The summed E-state index contributed by atoms with van der Waals surface area (Å²) in [5, 5.41) is 23.4. The first-order chi connectivity index (χ1) is 18.9. The van der Waals surface area contributed by atoms with Gasteiger partial charge in [0.25, 0.3) is 0 Å². The lowest BCUT2D eigenvalue weighted by atomic mass is 9.70. The molecule has 1 saturated heterocycles. The molecule has 2 aromatic heterocycles. The standard InChI is InChI=1S/C22H32ClN5O11P2/c1-21(2)10-4-5-22(21,3)12(6-10)39-20(31)26-16-13-17(27-19(23)25-16)28(8-24-13)18-15(30)14(29)11(38-18)7-37-41(35,36)9-40(32,33)34/h8,10-12,14-15,18,29-30H,4-7,9H2,1-3H3,(H,35,36)(H2,32,33,34)(H,25,26,27,31)/t10-,11+,12?,14?,15-,18+,22-/m0/s1. The Bertz CT molecular complexity index is 1450. The number of amides is 1. The van der Waals surface area contributed by atoms with Crippen LogP contribution in [0, 0.1) is 16.7 Å². The van der Waals surface area contributed by atoms with Crippen LogP contribution < -0.4 is 5.32 Å². The molecular weight excluding hydrogens is 608 g/mol. The number of aliphatic hydroxyl groups excluding tert-OH is 2. The highest BCUT2D eigenvalue weighted by Crippen LogP contribution is 2.66. The van der Waals surface area contributed by atoms with Crippen molar-refractivity contribution in [3.05, 3.63) is 11.6 Å². The third-order valence-corrected chi connectivity index (χ3v) is 12.6. The zero-order chi connectivity index (χ0) is 30.1.